The van der Waals surface area contributed by atoms with E-state index < -0.39 is 23.3 Å². The molecular weight excluding hydrogens is 280 g/mol. The highest BCUT2D eigenvalue weighted by Crippen LogP contribution is 2.23. The summed E-state index contributed by atoms with van der Waals surface area (Å²) in [7, 11) is 0. The molecule has 1 aromatic rings. The summed E-state index contributed by atoms with van der Waals surface area (Å²) in [5, 5.41) is 2.83. The highest BCUT2D eigenvalue weighted by molar-refractivity contribution is 6.30. The minimum Gasteiger partial charge on any atom is -0.277 e. The Bertz CT molecular complexity index is 566. The van der Waals surface area contributed by atoms with E-state index in [0.717, 1.165) is 10.5 Å². The molecule has 0 unspecified atom stereocenters. The smallest absolute Gasteiger partial charge is 0.277 e. The number of hydrogen-bond acceptors (Lipinski definition) is 3. The third-order valence-electron chi connectivity index (χ3n) is 3.35. The number of hydrogen-bond donors (Lipinski definition) is 1. The van der Waals surface area contributed by atoms with E-state index in [-0.39, 0.29) is 6.54 Å². The van der Waals surface area contributed by atoms with Crippen LogP contribution in [0.15, 0.2) is 24.3 Å². The van der Waals surface area contributed by atoms with Crippen molar-refractivity contribution in [1.29, 1.82) is 0 Å². The fourth-order valence-electron chi connectivity index (χ4n) is 1.94. The molecular formula is C14H15ClN2O3. The van der Waals surface area contributed by atoms with Gasteiger partial charge < -0.3 is 0 Å². The van der Waals surface area contributed by atoms with Crippen molar-refractivity contribution >= 4 is 29.4 Å². The van der Waals surface area contributed by atoms with Crippen molar-refractivity contribution in [3.8, 4) is 0 Å². The molecule has 5 nitrogen and oxygen atoms in total. The van der Waals surface area contributed by atoms with Crippen LogP contribution < -0.4 is 5.32 Å². The Hall–Kier alpha value is -1.88. The first-order chi connectivity index (χ1) is 9.32. The summed E-state index contributed by atoms with van der Waals surface area (Å²) >= 11 is 5.79. The number of imide groups is 2. The average molecular weight is 295 g/mol. The Morgan fingerprint density at radius 2 is 1.75 bits per heavy atom. The van der Waals surface area contributed by atoms with Gasteiger partial charge in [-0.25, -0.2) is 4.79 Å². The monoisotopic (exact) mass is 294 g/mol. The summed E-state index contributed by atoms with van der Waals surface area (Å²) < 4.78 is 0. The average Bonchev–Trinajstić information content (AvgIpc) is 2.39. The van der Waals surface area contributed by atoms with Crippen LogP contribution in [0.2, 0.25) is 5.02 Å². The molecule has 20 heavy (non-hydrogen) atoms. The van der Waals surface area contributed by atoms with Crippen LogP contribution in [0.4, 0.5) is 4.79 Å². The number of amides is 4. The molecule has 106 valence electrons. The second kappa shape index (κ2) is 5.25. The van der Waals surface area contributed by atoms with Crippen molar-refractivity contribution in [2.24, 2.45) is 5.41 Å². The largest absolute Gasteiger partial charge is 0.330 e. The van der Waals surface area contributed by atoms with Crippen LogP contribution in [0, 0.1) is 5.41 Å². The van der Waals surface area contributed by atoms with Crippen LogP contribution in [0.5, 0.6) is 0 Å². The minimum absolute atomic E-state index is 0.225. The van der Waals surface area contributed by atoms with E-state index >= 15 is 0 Å². The number of benzene rings is 1. The highest BCUT2D eigenvalue weighted by Gasteiger charge is 2.46. The second-order valence-electron chi connectivity index (χ2n) is 5.22. The lowest BCUT2D eigenvalue weighted by atomic mass is 9.88. The SMILES string of the molecule is CC1(C)C(=O)NC(=O)N(CCc2ccc(Cl)cc2)C1=O. The van der Waals surface area contributed by atoms with Gasteiger partial charge in [-0.15, -0.1) is 0 Å². The van der Waals surface area contributed by atoms with Gasteiger partial charge in [0.1, 0.15) is 5.41 Å². The normalized spacial score (nSPS) is 18.1. The van der Waals surface area contributed by atoms with Gasteiger partial charge in [-0.05, 0) is 38.0 Å². The summed E-state index contributed by atoms with van der Waals surface area (Å²) in [5.41, 5.74) is -0.252. The molecule has 0 aromatic heterocycles. The highest BCUT2D eigenvalue weighted by atomic mass is 35.5. The lowest BCUT2D eigenvalue weighted by Crippen LogP contribution is -2.62. The molecule has 0 aliphatic carbocycles. The standard InChI is InChI=1S/C14H15ClN2O3/c1-14(2)11(18)16-13(20)17(12(14)19)8-7-9-3-5-10(15)6-4-9/h3-6H,7-8H2,1-2H3,(H,16,18,20). The maximum atomic E-state index is 12.2. The van der Waals surface area contributed by atoms with Gasteiger partial charge >= 0.3 is 6.03 Å². The molecule has 1 heterocycles. The molecule has 0 spiro atoms. The first kappa shape index (κ1) is 14.5. The van der Waals surface area contributed by atoms with Gasteiger partial charge in [-0.1, -0.05) is 23.7 Å². The zero-order chi connectivity index (χ0) is 14.9. The summed E-state index contributed by atoms with van der Waals surface area (Å²) in [6.45, 7) is 3.24. The van der Waals surface area contributed by atoms with Crippen molar-refractivity contribution in [2.45, 2.75) is 20.3 Å². The fraction of sp³-hybridized carbons (Fsp3) is 0.357. The van der Waals surface area contributed by atoms with E-state index in [1.54, 1.807) is 12.1 Å². The number of halogens is 1. The van der Waals surface area contributed by atoms with Gasteiger partial charge in [0, 0.05) is 11.6 Å². The summed E-state index contributed by atoms with van der Waals surface area (Å²) in [5.74, 6) is -1.03. The molecule has 0 radical (unpaired) electrons. The maximum Gasteiger partial charge on any atom is 0.330 e. The van der Waals surface area contributed by atoms with Crippen molar-refractivity contribution in [2.75, 3.05) is 6.54 Å². The predicted octanol–water partition coefficient (Wildman–Crippen LogP) is 1.99. The molecule has 0 atom stereocenters. The van der Waals surface area contributed by atoms with E-state index in [4.69, 9.17) is 11.6 Å². The summed E-state index contributed by atoms with van der Waals surface area (Å²) in [6, 6.07) is 6.52. The lowest BCUT2D eigenvalue weighted by Gasteiger charge is -2.34. The van der Waals surface area contributed by atoms with Gasteiger partial charge in [-0.3, -0.25) is 19.8 Å². The molecule has 1 saturated heterocycles. The van der Waals surface area contributed by atoms with Crippen LogP contribution in [0.3, 0.4) is 0 Å². The molecule has 1 fully saturated rings. The Labute approximate surface area is 121 Å². The Balaban J connectivity index is 2.08. The third kappa shape index (κ3) is 2.67. The van der Waals surface area contributed by atoms with E-state index in [2.05, 4.69) is 5.32 Å². The minimum atomic E-state index is -1.21. The molecule has 1 aromatic carbocycles. The maximum absolute atomic E-state index is 12.2. The van der Waals surface area contributed by atoms with Crippen LogP contribution in [0.1, 0.15) is 19.4 Å². The molecule has 2 rings (SSSR count). The third-order valence-corrected chi connectivity index (χ3v) is 3.60. The Morgan fingerprint density at radius 3 is 2.35 bits per heavy atom. The van der Waals surface area contributed by atoms with Gasteiger partial charge in [0.2, 0.25) is 11.8 Å². The first-order valence-corrected chi connectivity index (χ1v) is 6.62. The number of rotatable bonds is 3. The van der Waals surface area contributed by atoms with Crippen molar-refractivity contribution < 1.29 is 14.4 Å². The van der Waals surface area contributed by atoms with Crippen LogP contribution in [-0.4, -0.2) is 29.3 Å². The Morgan fingerprint density at radius 1 is 1.15 bits per heavy atom. The van der Waals surface area contributed by atoms with E-state index in [1.165, 1.54) is 13.8 Å². The number of nitrogens with one attached hydrogen (secondary N) is 1. The molecule has 0 bridgehead atoms. The zero-order valence-electron chi connectivity index (χ0n) is 11.3. The summed E-state index contributed by atoms with van der Waals surface area (Å²) in [4.78, 5) is 36.6. The summed E-state index contributed by atoms with van der Waals surface area (Å²) in [6.07, 6.45) is 0.514. The van der Waals surface area contributed by atoms with Gasteiger partial charge in [0.15, 0.2) is 0 Å². The lowest BCUT2D eigenvalue weighted by molar-refractivity contribution is -0.148. The Kier molecular flexibility index (Phi) is 3.81. The fourth-order valence-corrected chi connectivity index (χ4v) is 2.07. The number of carbonyl (C=O) groups is 3. The topological polar surface area (TPSA) is 66.5 Å². The van der Waals surface area contributed by atoms with Crippen molar-refractivity contribution in [3.05, 3.63) is 34.9 Å². The first-order valence-electron chi connectivity index (χ1n) is 6.24. The van der Waals surface area contributed by atoms with Crippen molar-refractivity contribution in [1.82, 2.24) is 10.2 Å². The van der Waals surface area contributed by atoms with Gasteiger partial charge in [0.25, 0.3) is 0 Å². The van der Waals surface area contributed by atoms with Crippen LogP contribution in [0.25, 0.3) is 0 Å². The quantitative estimate of drug-likeness (QED) is 0.867. The molecule has 1 aliphatic heterocycles. The van der Waals surface area contributed by atoms with Crippen LogP contribution in [-0.2, 0) is 16.0 Å². The zero-order valence-corrected chi connectivity index (χ0v) is 12.0. The molecule has 6 heteroatoms. The van der Waals surface area contributed by atoms with E-state index in [0.29, 0.717) is 11.4 Å². The van der Waals surface area contributed by atoms with Gasteiger partial charge in [0.05, 0.1) is 0 Å². The number of carbonyl (C=O) groups excluding carboxylic acids is 3. The molecule has 1 N–H and O–H groups in total. The van der Waals surface area contributed by atoms with Crippen LogP contribution >= 0.6 is 11.6 Å². The number of barbiturate groups is 1. The van der Waals surface area contributed by atoms with Gasteiger partial charge in [-0.2, -0.15) is 0 Å². The number of nitrogens with zero attached hydrogens (tertiary/aromatic N) is 1. The molecule has 1 aliphatic rings. The molecule has 4 amide bonds. The molecule has 0 saturated carbocycles. The van der Waals surface area contributed by atoms with E-state index in [1.807, 2.05) is 12.1 Å². The van der Waals surface area contributed by atoms with E-state index in [9.17, 15) is 14.4 Å². The number of urea groups is 1. The second-order valence-corrected chi connectivity index (χ2v) is 5.65. The van der Waals surface area contributed by atoms with Crippen molar-refractivity contribution in [3.63, 3.8) is 0 Å². The predicted molar refractivity (Wildman–Crippen MR) is 74.2 cm³/mol.